The standard InChI is InChI=1S/C23H22N2O4/c1-17-8-10-18(11-9-17)25(15-19-5-4-14-28-19)22(26)12-13-24-20-6-2-3-7-21(20)29-16-23(24)27/h2-11,14H,12-13,15-16H2,1H3. The number of rotatable bonds is 6. The summed E-state index contributed by atoms with van der Waals surface area (Å²) in [7, 11) is 0. The largest absolute Gasteiger partial charge is 0.482 e. The SMILES string of the molecule is Cc1ccc(N(Cc2ccco2)C(=O)CCN2C(=O)COc3ccccc32)cc1. The molecule has 29 heavy (non-hydrogen) atoms. The maximum atomic E-state index is 13.1. The van der Waals surface area contributed by atoms with Gasteiger partial charge >= 0.3 is 0 Å². The Kier molecular flexibility index (Phi) is 5.33. The molecule has 2 amide bonds. The van der Waals surface area contributed by atoms with Crippen molar-refractivity contribution in [2.45, 2.75) is 19.9 Å². The Morgan fingerprint density at radius 3 is 2.62 bits per heavy atom. The molecule has 1 aromatic heterocycles. The van der Waals surface area contributed by atoms with Crippen LogP contribution in [0.5, 0.6) is 5.75 Å². The molecule has 0 aliphatic carbocycles. The first-order valence-corrected chi connectivity index (χ1v) is 9.53. The fraction of sp³-hybridized carbons (Fsp3) is 0.217. The van der Waals surface area contributed by atoms with Crippen LogP contribution < -0.4 is 14.5 Å². The quantitative estimate of drug-likeness (QED) is 0.640. The number of furan rings is 1. The van der Waals surface area contributed by atoms with Crippen molar-refractivity contribution in [1.82, 2.24) is 0 Å². The molecule has 6 heteroatoms. The predicted octanol–water partition coefficient (Wildman–Crippen LogP) is 3.94. The highest BCUT2D eigenvalue weighted by Crippen LogP contribution is 2.31. The molecule has 0 atom stereocenters. The molecule has 3 aromatic rings. The summed E-state index contributed by atoms with van der Waals surface area (Å²) in [6.45, 7) is 2.62. The van der Waals surface area contributed by atoms with Gasteiger partial charge in [0.25, 0.3) is 5.91 Å². The van der Waals surface area contributed by atoms with Crippen LogP contribution in [-0.4, -0.2) is 25.0 Å². The summed E-state index contributed by atoms with van der Waals surface area (Å²) in [4.78, 5) is 28.8. The van der Waals surface area contributed by atoms with E-state index in [1.54, 1.807) is 22.1 Å². The van der Waals surface area contributed by atoms with E-state index in [1.165, 1.54) is 0 Å². The average molecular weight is 390 g/mol. The monoisotopic (exact) mass is 390 g/mol. The van der Waals surface area contributed by atoms with E-state index < -0.39 is 0 Å². The van der Waals surface area contributed by atoms with Crippen molar-refractivity contribution < 1.29 is 18.7 Å². The Morgan fingerprint density at radius 1 is 1.07 bits per heavy atom. The second-order valence-electron chi connectivity index (χ2n) is 6.95. The van der Waals surface area contributed by atoms with Gasteiger partial charge in [-0.25, -0.2) is 0 Å². The topological polar surface area (TPSA) is 63.0 Å². The van der Waals surface area contributed by atoms with Gasteiger partial charge in [-0.2, -0.15) is 0 Å². The summed E-state index contributed by atoms with van der Waals surface area (Å²) < 4.78 is 10.9. The summed E-state index contributed by atoms with van der Waals surface area (Å²) >= 11 is 0. The third-order valence-electron chi connectivity index (χ3n) is 4.90. The van der Waals surface area contributed by atoms with E-state index in [2.05, 4.69) is 0 Å². The fourth-order valence-corrected chi connectivity index (χ4v) is 3.35. The van der Waals surface area contributed by atoms with Crippen LogP contribution in [-0.2, 0) is 16.1 Å². The highest BCUT2D eigenvalue weighted by molar-refractivity contribution is 5.99. The highest BCUT2D eigenvalue weighted by Gasteiger charge is 2.26. The zero-order chi connectivity index (χ0) is 20.2. The van der Waals surface area contributed by atoms with Gasteiger partial charge in [0.2, 0.25) is 5.91 Å². The molecule has 4 rings (SSSR count). The lowest BCUT2D eigenvalue weighted by Crippen LogP contribution is -2.41. The first-order valence-electron chi connectivity index (χ1n) is 9.53. The van der Waals surface area contributed by atoms with Crippen LogP contribution >= 0.6 is 0 Å². The van der Waals surface area contributed by atoms with E-state index >= 15 is 0 Å². The van der Waals surface area contributed by atoms with Crippen molar-refractivity contribution in [1.29, 1.82) is 0 Å². The predicted molar refractivity (Wildman–Crippen MR) is 110 cm³/mol. The van der Waals surface area contributed by atoms with Crippen molar-refractivity contribution >= 4 is 23.2 Å². The highest BCUT2D eigenvalue weighted by atomic mass is 16.5. The van der Waals surface area contributed by atoms with Crippen LogP contribution in [0.4, 0.5) is 11.4 Å². The van der Waals surface area contributed by atoms with Gasteiger partial charge in [-0.15, -0.1) is 0 Å². The molecule has 0 saturated carbocycles. The van der Waals surface area contributed by atoms with Gasteiger partial charge in [-0.1, -0.05) is 29.8 Å². The van der Waals surface area contributed by atoms with Crippen molar-refractivity contribution in [3.63, 3.8) is 0 Å². The zero-order valence-electron chi connectivity index (χ0n) is 16.2. The number of anilines is 2. The Morgan fingerprint density at radius 2 is 1.86 bits per heavy atom. The molecular formula is C23H22N2O4. The second kappa shape index (κ2) is 8.22. The van der Waals surface area contributed by atoms with Crippen LogP contribution in [0, 0.1) is 6.92 Å². The molecular weight excluding hydrogens is 368 g/mol. The number of nitrogens with zero attached hydrogens (tertiary/aromatic N) is 2. The first-order chi connectivity index (χ1) is 14.1. The molecule has 1 aliphatic rings. The normalized spacial score (nSPS) is 13.0. The van der Waals surface area contributed by atoms with E-state index in [4.69, 9.17) is 9.15 Å². The van der Waals surface area contributed by atoms with E-state index in [-0.39, 0.29) is 24.8 Å². The molecule has 0 spiro atoms. The second-order valence-corrected chi connectivity index (χ2v) is 6.95. The van der Waals surface area contributed by atoms with Gasteiger partial charge in [0.05, 0.1) is 18.5 Å². The fourth-order valence-electron chi connectivity index (χ4n) is 3.35. The lowest BCUT2D eigenvalue weighted by atomic mass is 10.2. The molecule has 0 saturated heterocycles. The van der Waals surface area contributed by atoms with Crippen molar-refractivity contribution in [2.75, 3.05) is 23.0 Å². The molecule has 0 N–H and O–H groups in total. The molecule has 2 aromatic carbocycles. The van der Waals surface area contributed by atoms with Gasteiger partial charge in [0.15, 0.2) is 6.61 Å². The molecule has 0 fully saturated rings. The minimum atomic E-state index is -0.149. The van der Waals surface area contributed by atoms with E-state index in [0.717, 1.165) is 11.3 Å². The number of hydrogen-bond donors (Lipinski definition) is 0. The number of hydrogen-bond acceptors (Lipinski definition) is 4. The Labute approximate surface area is 169 Å². The molecule has 0 radical (unpaired) electrons. The molecule has 6 nitrogen and oxygen atoms in total. The number of ether oxygens (including phenoxy) is 1. The number of benzene rings is 2. The third kappa shape index (κ3) is 4.16. The minimum Gasteiger partial charge on any atom is -0.482 e. The Bertz CT molecular complexity index is 996. The van der Waals surface area contributed by atoms with Crippen molar-refractivity contribution in [3.05, 3.63) is 78.3 Å². The number of carbonyl (C=O) groups is 2. The molecule has 0 bridgehead atoms. The van der Waals surface area contributed by atoms with Gasteiger partial charge in [-0.05, 0) is 43.3 Å². The number of carbonyl (C=O) groups excluding carboxylic acids is 2. The van der Waals surface area contributed by atoms with Crippen LogP contribution in [0.1, 0.15) is 17.7 Å². The molecule has 2 heterocycles. The summed E-state index contributed by atoms with van der Waals surface area (Å²) in [6, 6.07) is 18.8. The van der Waals surface area contributed by atoms with Crippen LogP contribution in [0.2, 0.25) is 0 Å². The van der Waals surface area contributed by atoms with Crippen molar-refractivity contribution in [3.8, 4) is 5.75 Å². The van der Waals surface area contributed by atoms with Crippen LogP contribution in [0.3, 0.4) is 0 Å². The minimum absolute atomic E-state index is 0.0146. The van der Waals surface area contributed by atoms with Crippen LogP contribution in [0.15, 0.2) is 71.3 Å². The van der Waals surface area contributed by atoms with E-state index in [0.29, 0.717) is 30.3 Å². The van der Waals surface area contributed by atoms with E-state index in [9.17, 15) is 9.59 Å². The first kappa shape index (κ1) is 18.8. The summed E-state index contributed by atoms with van der Waals surface area (Å²) in [5.74, 6) is 1.13. The number of aryl methyl sites for hydroxylation is 1. The van der Waals surface area contributed by atoms with E-state index in [1.807, 2.05) is 61.5 Å². The summed E-state index contributed by atoms with van der Waals surface area (Å²) in [5, 5.41) is 0. The molecule has 0 unspecified atom stereocenters. The van der Waals surface area contributed by atoms with Gasteiger partial charge in [0, 0.05) is 18.7 Å². The summed E-state index contributed by atoms with van der Waals surface area (Å²) in [6.07, 6.45) is 1.78. The lowest BCUT2D eigenvalue weighted by molar-refractivity contribution is -0.121. The van der Waals surface area contributed by atoms with Gasteiger partial charge in [0.1, 0.15) is 11.5 Å². The number of amides is 2. The smallest absolute Gasteiger partial charge is 0.265 e. The number of fused-ring (bicyclic) bond motifs is 1. The maximum Gasteiger partial charge on any atom is 0.265 e. The molecule has 148 valence electrons. The average Bonchev–Trinajstić information content (AvgIpc) is 3.25. The summed E-state index contributed by atoms with van der Waals surface area (Å²) in [5.41, 5.74) is 2.62. The van der Waals surface area contributed by atoms with Crippen molar-refractivity contribution in [2.24, 2.45) is 0 Å². The van der Waals surface area contributed by atoms with Crippen LogP contribution in [0.25, 0.3) is 0 Å². The third-order valence-corrected chi connectivity index (χ3v) is 4.90. The lowest BCUT2D eigenvalue weighted by Gasteiger charge is -2.30. The molecule has 1 aliphatic heterocycles. The maximum absolute atomic E-state index is 13.1. The Balaban J connectivity index is 1.52. The van der Waals surface area contributed by atoms with Gasteiger partial charge < -0.3 is 19.0 Å². The zero-order valence-corrected chi connectivity index (χ0v) is 16.2. The van der Waals surface area contributed by atoms with Gasteiger partial charge in [-0.3, -0.25) is 9.59 Å². The number of para-hydroxylation sites is 2. The Hall–Kier alpha value is -3.54.